The lowest BCUT2D eigenvalue weighted by Gasteiger charge is -2.08. The molecule has 0 heterocycles. The maximum Gasteiger partial charge on any atom is 0.251 e. The van der Waals surface area contributed by atoms with Crippen LogP contribution in [0.25, 0.3) is 0 Å². The molecular weight excluding hydrogens is 190 g/mol. The van der Waals surface area contributed by atoms with Crippen molar-refractivity contribution in [3.8, 4) is 0 Å². The lowest BCUT2D eigenvalue weighted by atomic mass is 10.1. The van der Waals surface area contributed by atoms with Crippen LogP contribution in [0.5, 0.6) is 0 Å². The number of allylic oxidation sites excluding steroid dienone is 3. The molecule has 1 amide bonds. The zero-order valence-electron chi connectivity index (χ0n) is 8.49. The van der Waals surface area contributed by atoms with E-state index < -0.39 is 5.91 Å². The van der Waals surface area contributed by atoms with Crippen LogP contribution < -0.4 is 11.1 Å². The van der Waals surface area contributed by atoms with Gasteiger partial charge in [-0.25, -0.2) is 0 Å². The molecule has 0 unspecified atom stereocenters. The Labute approximate surface area is 89.1 Å². The number of nitrogens with one attached hydrogen (secondary N) is 2. The summed E-state index contributed by atoms with van der Waals surface area (Å²) in [6, 6.07) is 0. The van der Waals surface area contributed by atoms with Crippen molar-refractivity contribution >= 4 is 12.1 Å². The van der Waals surface area contributed by atoms with E-state index in [2.05, 4.69) is 17.5 Å². The molecule has 0 atom stereocenters. The average Bonchev–Trinajstić information content (AvgIpc) is 2.25. The molecule has 4 N–H and O–H groups in total. The van der Waals surface area contributed by atoms with Crippen LogP contribution in [0.15, 0.2) is 35.6 Å². The molecule has 1 aliphatic carbocycles. The molecule has 4 heteroatoms. The van der Waals surface area contributed by atoms with Crippen LogP contribution in [0.4, 0.5) is 0 Å². The smallest absolute Gasteiger partial charge is 0.251 e. The fourth-order valence-corrected chi connectivity index (χ4v) is 1.28. The molecule has 1 aliphatic rings. The van der Waals surface area contributed by atoms with E-state index in [4.69, 9.17) is 11.1 Å². The van der Waals surface area contributed by atoms with Crippen LogP contribution >= 0.6 is 0 Å². The zero-order chi connectivity index (χ0) is 11.1. The Morgan fingerprint density at radius 2 is 2.47 bits per heavy atom. The first-order valence-electron chi connectivity index (χ1n) is 4.82. The average molecular weight is 205 g/mol. The number of hydrogen-bond acceptors (Lipinski definition) is 3. The van der Waals surface area contributed by atoms with E-state index in [0.29, 0.717) is 6.54 Å². The summed E-state index contributed by atoms with van der Waals surface area (Å²) in [5.74, 6) is -0.588. The van der Waals surface area contributed by atoms with Crippen molar-refractivity contribution in [3.63, 3.8) is 0 Å². The molecule has 15 heavy (non-hydrogen) atoms. The second kappa shape index (κ2) is 5.80. The van der Waals surface area contributed by atoms with Crippen molar-refractivity contribution in [1.82, 2.24) is 5.32 Å². The predicted molar refractivity (Wildman–Crippen MR) is 60.5 cm³/mol. The SMILES string of the molecule is N=C/C(=C\NCC1=CC=CCC1)C(N)=O. The highest BCUT2D eigenvalue weighted by molar-refractivity contribution is 6.10. The molecule has 80 valence electrons. The van der Waals surface area contributed by atoms with Crippen LogP contribution in [0, 0.1) is 5.41 Å². The Morgan fingerprint density at radius 3 is 3.00 bits per heavy atom. The number of rotatable bonds is 5. The monoisotopic (exact) mass is 205 g/mol. The van der Waals surface area contributed by atoms with Crippen LogP contribution in [0.2, 0.25) is 0 Å². The van der Waals surface area contributed by atoms with Crippen LogP contribution in [0.1, 0.15) is 12.8 Å². The first kappa shape index (κ1) is 11.2. The fraction of sp³-hybridized carbons (Fsp3) is 0.273. The second-order valence-electron chi connectivity index (χ2n) is 3.28. The normalized spacial score (nSPS) is 15.7. The van der Waals surface area contributed by atoms with Gasteiger partial charge < -0.3 is 16.5 Å². The summed E-state index contributed by atoms with van der Waals surface area (Å²) in [5, 5.41) is 9.92. The maximum atomic E-state index is 10.7. The van der Waals surface area contributed by atoms with Gasteiger partial charge in [-0.2, -0.15) is 0 Å². The highest BCUT2D eigenvalue weighted by Crippen LogP contribution is 2.10. The third kappa shape index (κ3) is 3.81. The van der Waals surface area contributed by atoms with Crippen molar-refractivity contribution in [2.75, 3.05) is 6.54 Å². The van der Waals surface area contributed by atoms with Crippen molar-refractivity contribution in [2.45, 2.75) is 12.8 Å². The molecule has 0 aromatic heterocycles. The van der Waals surface area contributed by atoms with Gasteiger partial charge in [0.25, 0.3) is 5.91 Å². The number of carbonyl (C=O) groups is 1. The van der Waals surface area contributed by atoms with Gasteiger partial charge in [-0.1, -0.05) is 23.8 Å². The van der Waals surface area contributed by atoms with Crippen LogP contribution in [-0.4, -0.2) is 18.7 Å². The largest absolute Gasteiger partial charge is 0.386 e. The highest BCUT2D eigenvalue weighted by Gasteiger charge is 2.01. The fourth-order valence-electron chi connectivity index (χ4n) is 1.28. The topological polar surface area (TPSA) is 79.0 Å². The number of amides is 1. The molecule has 0 radical (unpaired) electrons. The summed E-state index contributed by atoms with van der Waals surface area (Å²) in [5.41, 5.74) is 6.50. The van der Waals surface area contributed by atoms with Gasteiger partial charge in [0.15, 0.2) is 0 Å². The number of primary amides is 1. The Bertz CT molecular complexity index is 340. The van der Waals surface area contributed by atoms with Crippen molar-refractivity contribution in [3.05, 3.63) is 35.6 Å². The lowest BCUT2D eigenvalue weighted by Crippen LogP contribution is -2.19. The van der Waals surface area contributed by atoms with Gasteiger partial charge in [0, 0.05) is 19.0 Å². The van der Waals surface area contributed by atoms with Gasteiger partial charge in [0.05, 0.1) is 5.57 Å². The molecule has 0 aromatic rings. The number of nitrogens with two attached hydrogens (primary N) is 1. The van der Waals surface area contributed by atoms with Crippen molar-refractivity contribution in [2.24, 2.45) is 5.73 Å². The number of carbonyl (C=O) groups excluding carboxylic acids is 1. The summed E-state index contributed by atoms with van der Waals surface area (Å²) in [4.78, 5) is 10.7. The van der Waals surface area contributed by atoms with Gasteiger partial charge in [0.1, 0.15) is 0 Å². The van der Waals surface area contributed by atoms with Crippen LogP contribution in [0.3, 0.4) is 0 Å². The molecule has 0 bridgehead atoms. The predicted octanol–water partition coefficient (Wildman–Crippen LogP) is 0.871. The first-order valence-corrected chi connectivity index (χ1v) is 4.82. The molecule has 0 aliphatic heterocycles. The van der Waals surface area contributed by atoms with E-state index in [0.717, 1.165) is 19.1 Å². The molecule has 0 spiro atoms. The highest BCUT2D eigenvalue weighted by atomic mass is 16.1. The van der Waals surface area contributed by atoms with Gasteiger partial charge in [0.2, 0.25) is 0 Å². The molecule has 4 nitrogen and oxygen atoms in total. The molecular formula is C11H15N3O. The summed E-state index contributed by atoms with van der Waals surface area (Å²) >= 11 is 0. The van der Waals surface area contributed by atoms with E-state index >= 15 is 0 Å². The van der Waals surface area contributed by atoms with E-state index in [9.17, 15) is 4.79 Å². The van der Waals surface area contributed by atoms with Gasteiger partial charge in [-0.15, -0.1) is 0 Å². The minimum Gasteiger partial charge on any atom is -0.386 e. The Kier molecular flexibility index (Phi) is 4.34. The van der Waals surface area contributed by atoms with E-state index in [1.807, 2.05) is 6.08 Å². The minimum absolute atomic E-state index is 0.182. The van der Waals surface area contributed by atoms with Crippen molar-refractivity contribution in [1.29, 1.82) is 5.41 Å². The van der Waals surface area contributed by atoms with Gasteiger partial charge in [-0.3, -0.25) is 4.79 Å². The second-order valence-corrected chi connectivity index (χ2v) is 3.28. The third-order valence-corrected chi connectivity index (χ3v) is 2.13. The first-order chi connectivity index (χ1) is 7.24. The summed E-state index contributed by atoms with van der Waals surface area (Å²) in [6.07, 6.45) is 10.7. The Morgan fingerprint density at radius 1 is 1.67 bits per heavy atom. The Balaban J connectivity index is 2.43. The summed E-state index contributed by atoms with van der Waals surface area (Å²) in [6.45, 7) is 0.689. The minimum atomic E-state index is -0.588. The van der Waals surface area contributed by atoms with Crippen LogP contribution in [-0.2, 0) is 4.79 Å². The maximum absolute atomic E-state index is 10.7. The molecule has 0 saturated heterocycles. The molecule has 1 rings (SSSR count). The van der Waals surface area contributed by atoms with E-state index in [1.54, 1.807) is 0 Å². The van der Waals surface area contributed by atoms with Gasteiger partial charge in [-0.05, 0) is 12.8 Å². The third-order valence-electron chi connectivity index (χ3n) is 2.13. The van der Waals surface area contributed by atoms with E-state index in [-0.39, 0.29) is 5.57 Å². The van der Waals surface area contributed by atoms with Crippen molar-refractivity contribution < 1.29 is 4.79 Å². The zero-order valence-corrected chi connectivity index (χ0v) is 8.49. The Hall–Kier alpha value is -1.84. The number of hydrogen-bond donors (Lipinski definition) is 3. The van der Waals surface area contributed by atoms with E-state index in [1.165, 1.54) is 11.8 Å². The molecule has 0 saturated carbocycles. The molecule has 0 fully saturated rings. The molecule has 0 aromatic carbocycles. The summed E-state index contributed by atoms with van der Waals surface area (Å²) < 4.78 is 0. The summed E-state index contributed by atoms with van der Waals surface area (Å²) in [7, 11) is 0. The van der Waals surface area contributed by atoms with Gasteiger partial charge >= 0.3 is 0 Å². The standard InChI is InChI=1S/C11H15N3O/c12-6-10(11(13)15)8-14-7-9-4-2-1-3-5-9/h1-2,4,6,8,12,14H,3,5,7H2,(H2,13,15)/b10-8+,12-6?. The lowest BCUT2D eigenvalue weighted by molar-refractivity contribution is -0.114. The quantitative estimate of drug-likeness (QED) is 0.460.